The minimum absolute atomic E-state index is 0.657. The summed E-state index contributed by atoms with van der Waals surface area (Å²) in [5.41, 5.74) is 12.3. The molecule has 0 amide bonds. The van der Waals surface area contributed by atoms with Gasteiger partial charge in [0.15, 0.2) is 0 Å². The van der Waals surface area contributed by atoms with Crippen molar-refractivity contribution in [3.63, 3.8) is 0 Å². The maximum Gasteiger partial charge on any atom is 0.231 e. The second-order valence-corrected chi connectivity index (χ2v) is 5.90. The number of hydrogen-bond donors (Lipinski definition) is 3. The first-order valence-corrected chi connectivity index (χ1v) is 7.82. The van der Waals surface area contributed by atoms with Gasteiger partial charge in [-0.3, -0.25) is 10.2 Å². The second kappa shape index (κ2) is 5.39. The van der Waals surface area contributed by atoms with Gasteiger partial charge in [0.2, 0.25) is 5.95 Å². The molecule has 120 valence electrons. The van der Waals surface area contributed by atoms with E-state index in [0.29, 0.717) is 12.6 Å². The molecule has 0 saturated heterocycles. The van der Waals surface area contributed by atoms with Crippen LogP contribution in [0.1, 0.15) is 28.6 Å². The summed E-state index contributed by atoms with van der Waals surface area (Å²) in [4.78, 5) is 20.6. The molecule has 2 aromatic heterocycles. The van der Waals surface area contributed by atoms with E-state index in [0.717, 1.165) is 59.5 Å². The highest BCUT2D eigenvalue weighted by Gasteiger charge is 2.26. The lowest BCUT2D eigenvalue weighted by molar-refractivity contribution is 0.625. The highest BCUT2D eigenvalue weighted by atomic mass is 15.4. The zero-order valence-electron chi connectivity index (χ0n) is 13.6. The molecule has 0 radical (unpaired) electrons. The van der Waals surface area contributed by atoms with Crippen LogP contribution in [0.4, 0.5) is 17.3 Å². The number of nitrogens with one attached hydrogen (secondary N) is 3. The molecule has 4 rings (SSSR count). The van der Waals surface area contributed by atoms with Crippen molar-refractivity contribution >= 4 is 17.3 Å². The van der Waals surface area contributed by atoms with Crippen LogP contribution >= 0.6 is 0 Å². The molecule has 2 aliphatic rings. The molecular formula is C15H20N8. The van der Waals surface area contributed by atoms with E-state index < -0.39 is 0 Å². The Hall–Kier alpha value is -2.32. The van der Waals surface area contributed by atoms with Gasteiger partial charge in [0.25, 0.3) is 0 Å². The Labute approximate surface area is 134 Å². The Bertz CT molecular complexity index is 773. The number of fused-ring (bicyclic) bond motifs is 2. The van der Waals surface area contributed by atoms with Gasteiger partial charge in [0.1, 0.15) is 5.82 Å². The summed E-state index contributed by atoms with van der Waals surface area (Å²) in [5.74, 6) is 1.50. The zero-order valence-corrected chi connectivity index (χ0v) is 13.6. The lowest BCUT2D eigenvalue weighted by Crippen LogP contribution is -2.39. The van der Waals surface area contributed by atoms with Crippen LogP contribution in [0.2, 0.25) is 0 Å². The Morgan fingerprint density at radius 2 is 1.83 bits per heavy atom. The summed E-state index contributed by atoms with van der Waals surface area (Å²) in [7, 11) is 0. The molecule has 3 N–H and O–H groups in total. The van der Waals surface area contributed by atoms with Gasteiger partial charge in [-0.05, 0) is 20.8 Å². The maximum absolute atomic E-state index is 4.78. The Morgan fingerprint density at radius 1 is 0.957 bits per heavy atom. The van der Waals surface area contributed by atoms with Crippen LogP contribution in [0.3, 0.4) is 0 Å². The molecule has 2 aliphatic heterocycles. The van der Waals surface area contributed by atoms with Crippen LogP contribution < -0.4 is 21.1 Å². The van der Waals surface area contributed by atoms with Gasteiger partial charge in [-0.25, -0.2) is 25.4 Å². The fourth-order valence-electron chi connectivity index (χ4n) is 3.20. The fourth-order valence-corrected chi connectivity index (χ4v) is 3.20. The number of hydrazine groups is 1. The van der Waals surface area contributed by atoms with E-state index in [2.05, 4.69) is 36.0 Å². The summed E-state index contributed by atoms with van der Waals surface area (Å²) < 4.78 is 0. The summed E-state index contributed by atoms with van der Waals surface area (Å²) >= 11 is 0. The highest BCUT2D eigenvalue weighted by molar-refractivity contribution is 5.66. The molecule has 0 bridgehead atoms. The average molecular weight is 312 g/mol. The van der Waals surface area contributed by atoms with Gasteiger partial charge in [0, 0.05) is 19.5 Å². The molecule has 0 aromatic carbocycles. The van der Waals surface area contributed by atoms with E-state index >= 15 is 0 Å². The number of aromatic nitrogens is 4. The van der Waals surface area contributed by atoms with E-state index in [9.17, 15) is 0 Å². The predicted molar refractivity (Wildman–Crippen MR) is 87.5 cm³/mol. The summed E-state index contributed by atoms with van der Waals surface area (Å²) in [6.45, 7) is 8.20. The molecular weight excluding hydrogens is 292 g/mol. The number of hydrogen-bond acceptors (Lipinski definition) is 8. The third-order valence-corrected chi connectivity index (χ3v) is 4.17. The highest BCUT2D eigenvalue weighted by Crippen LogP contribution is 2.32. The molecule has 23 heavy (non-hydrogen) atoms. The third kappa shape index (κ3) is 2.40. The minimum atomic E-state index is 0.657. The van der Waals surface area contributed by atoms with Gasteiger partial charge in [-0.2, -0.15) is 0 Å². The second-order valence-electron chi connectivity index (χ2n) is 5.90. The maximum atomic E-state index is 4.78. The number of aryl methyl sites for hydroxylation is 3. The lowest BCUT2D eigenvalue weighted by Gasteiger charge is -2.31. The van der Waals surface area contributed by atoms with Crippen LogP contribution in [0.5, 0.6) is 0 Å². The molecule has 0 fully saturated rings. The smallest absolute Gasteiger partial charge is 0.231 e. The summed E-state index contributed by atoms with van der Waals surface area (Å²) in [6, 6.07) is 0. The molecule has 2 aromatic rings. The number of rotatable bonds is 1. The number of nitrogens with zero attached hydrogens (tertiary/aromatic N) is 5. The largest absolute Gasteiger partial charge is 0.318 e. The van der Waals surface area contributed by atoms with Crippen molar-refractivity contribution < 1.29 is 0 Å². The molecule has 0 spiro atoms. The normalized spacial score (nSPS) is 16.6. The molecule has 8 nitrogen and oxygen atoms in total. The Balaban J connectivity index is 1.83. The van der Waals surface area contributed by atoms with Crippen molar-refractivity contribution in [1.29, 1.82) is 0 Å². The van der Waals surface area contributed by atoms with Gasteiger partial charge < -0.3 is 5.43 Å². The molecule has 8 heteroatoms. The number of anilines is 3. The minimum Gasteiger partial charge on any atom is -0.318 e. The Morgan fingerprint density at radius 3 is 2.70 bits per heavy atom. The third-order valence-electron chi connectivity index (χ3n) is 4.17. The van der Waals surface area contributed by atoms with Gasteiger partial charge in [-0.15, -0.1) is 0 Å². The first-order valence-electron chi connectivity index (χ1n) is 7.82. The van der Waals surface area contributed by atoms with E-state index in [1.165, 1.54) is 0 Å². The van der Waals surface area contributed by atoms with Crippen LogP contribution in [-0.4, -0.2) is 33.1 Å². The van der Waals surface area contributed by atoms with Crippen molar-refractivity contribution in [3.05, 3.63) is 28.6 Å². The Kier molecular flexibility index (Phi) is 3.35. The fraction of sp³-hybridized carbons (Fsp3) is 0.467. The molecule has 4 heterocycles. The first kappa shape index (κ1) is 14.3. The first-order chi connectivity index (χ1) is 11.1. The van der Waals surface area contributed by atoms with Crippen molar-refractivity contribution in [2.75, 3.05) is 23.5 Å². The van der Waals surface area contributed by atoms with Gasteiger partial charge >= 0.3 is 0 Å². The molecule has 0 aliphatic carbocycles. The van der Waals surface area contributed by atoms with Crippen molar-refractivity contribution in [2.24, 2.45) is 0 Å². The predicted octanol–water partition coefficient (Wildman–Crippen LogP) is 0.863. The van der Waals surface area contributed by atoms with Crippen molar-refractivity contribution in [3.8, 4) is 0 Å². The van der Waals surface area contributed by atoms with Gasteiger partial charge in [-0.1, -0.05) is 0 Å². The van der Waals surface area contributed by atoms with E-state index in [4.69, 9.17) is 4.98 Å². The summed E-state index contributed by atoms with van der Waals surface area (Å²) in [5, 5.41) is 3.37. The van der Waals surface area contributed by atoms with Gasteiger partial charge in [0.05, 0.1) is 40.8 Å². The van der Waals surface area contributed by atoms with Crippen LogP contribution in [-0.2, 0) is 13.0 Å². The molecule has 0 saturated carbocycles. The standard InChI is InChI=1S/C15H20N8/c1-8-13-11(4-5-17-22-13)21-15(19-8)23-7-16-6-12-14(23)9(2)18-10(3)20-12/h16-17,22H,4-7H2,1-3H3. The molecule has 0 unspecified atom stereocenters. The average Bonchev–Trinajstić information content (AvgIpc) is 2.54. The monoisotopic (exact) mass is 312 g/mol. The van der Waals surface area contributed by atoms with Crippen molar-refractivity contribution in [1.82, 2.24) is 30.7 Å². The van der Waals surface area contributed by atoms with Crippen LogP contribution in [0.15, 0.2) is 0 Å². The van der Waals surface area contributed by atoms with E-state index in [1.54, 1.807) is 0 Å². The van der Waals surface area contributed by atoms with Crippen LogP contribution in [0, 0.1) is 20.8 Å². The zero-order chi connectivity index (χ0) is 16.0. The quantitative estimate of drug-likeness (QED) is 0.714. The van der Waals surface area contributed by atoms with E-state index in [1.807, 2.05) is 20.8 Å². The lowest BCUT2D eigenvalue weighted by atomic mass is 10.2. The SMILES string of the molecule is Cc1nc(C)c2c(n1)CNCN2c1nc(C)c2c(n1)CCNN2. The van der Waals surface area contributed by atoms with Crippen molar-refractivity contribution in [2.45, 2.75) is 33.7 Å². The topological polar surface area (TPSA) is 90.9 Å². The molecule has 0 atom stereocenters. The van der Waals surface area contributed by atoms with Crippen LogP contribution in [0.25, 0.3) is 0 Å². The van der Waals surface area contributed by atoms with E-state index in [-0.39, 0.29) is 0 Å². The summed E-state index contributed by atoms with van der Waals surface area (Å²) in [6.07, 6.45) is 0.885.